The lowest BCUT2D eigenvalue weighted by atomic mass is 10.1. The number of anilines is 2. The van der Waals surface area contributed by atoms with E-state index in [0.29, 0.717) is 18.0 Å². The molecular formula is C23H24N2O4. The van der Waals surface area contributed by atoms with Crippen molar-refractivity contribution in [3.63, 3.8) is 0 Å². The Morgan fingerprint density at radius 2 is 1.72 bits per heavy atom. The summed E-state index contributed by atoms with van der Waals surface area (Å²) in [5, 5.41) is 4.71. The molecule has 0 bridgehead atoms. The fourth-order valence-electron chi connectivity index (χ4n) is 3.10. The molecule has 3 rings (SSSR count). The molecular weight excluding hydrogens is 368 g/mol. The van der Waals surface area contributed by atoms with Crippen LogP contribution in [0.15, 0.2) is 66.7 Å². The average molecular weight is 392 g/mol. The summed E-state index contributed by atoms with van der Waals surface area (Å²) in [5.41, 5.74) is 1.40. The maximum absolute atomic E-state index is 12.9. The maximum Gasteiger partial charge on any atom is 0.411 e. The van der Waals surface area contributed by atoms with Gasteiger partial charge in [-0.15, -0.1) is 0 Å². The molecule has 3 aromatic rings. The Labute approximate surface area is 170 Å². The Kier molecular flexibility index (Phi) is 6.68. The summed E-state index contributed by atoms with van der Waals surface area (Å²) in [5.74, 6) is 0.342. The molecule has 0 radical (unpaired) electrons. The summed E-state index contributed by atoms with van der Waals surface area (Å²) in [6.45, 7) is 4.38. The normalized spacial score (nSPS) is 10.4. The summed E-state index contributed by atoms with van der Waals surface area (Å²) >= 11 is 0. The number of likely N-dealkylation sites (N-methyl/N-ethyl adjacent to an activating group) is 1. The van der Waals surface area contributed by atoms with Gasteiger partial charge in [-0.3, -0.25) is 10.1 Å². The minimum atomic E-state index is -0.533. The smallest absolute Gasteiger partial charge is 0.411 e. The minimum absolute atomic E-state index is 0.111. The third-order valence-corrected chi connectivity index (χ3v) is 4.39. The van der Waals surface area contributed by atoms with Gasteiger partial charge in [0.25, 0.3) is 5.91 Å². The van der Waals surface area contributed by atoms with E-state index in [0.717, 1.165) is 16.5 Å². The van der Waals surface area contributed by atoms with Crippen molar-refractivity contribution in [2.45, 2.75) is 13.8 Å². The Morgan fingerprint density at radius 3 is 2.52 bits per heavy atom. The van der Waals surface area contributed by atoms with Gasteiger partial charge in [0.2, 0.25) is 0 Å². The van der Waals surface area contributed by atoms with Crippen LogP contribution in [0.3, 0.4) is 0 Å². The van der Waals surface area contributed by atoms with E-state index in [9.17, 15) is 9.59 Å². The number of hydrogen-bond donors (Lipinski definition) is 1. The zero-order chi connectivity index (χ0) is 20.6. The van der Waals surface area contributed by atoms with Crippen LogP contribution in [0, 0.1) is 0 Å². The van der Waals surface area contributed by atoms with Crippen LogP contribution in [-0.4, -0.2) is 31.8 Å². The number of carbonyl (C=O) groups is 2. The summed E-state index contributed by atoms with van der Waals surface area (Å²) in [6, 6.07) is 20.7. The van der Waals surface area contributed by atoms with Crippen molar-refractivity contribution in [3.8, 4) is 5.75 Å². The number of nitrogens with zero attached hydrogens (tertiary/aromatic N) is 1. The second-order valence-electron chi connectivity index (χ2n) is 6.30. The first-order valence-corrected chi connectivity index (χ1v) is 9.57. The number of ether oxygens (including phenoxy) is 2. The van der Waals surface area contributed by atoms with Gasteiger partial charge in [-0.05, 0) is 37.4 Å². The van der Waals surface area contributed by atoms with Crippen molar-refractivity contribution in [1.29, 1.82) is 0 Å². The van der Waals surface area contributed by atoms with E-state index in [1.807, 2.05) is 49.4 Å². The highest BCUT2D eigenvalue weighted by Gasteiger charge is 2.17. The molecule has 0 fully saturated rings. The van der Waals surface area contributed by atoms with Crippen LogP contribution in [0.4, 0.5) is 16.2 Å². The van der Waals surface area contributed by atoms with Crippen LogP contribution >= 0.6 is 0 Å². The fraction of sp³-hybridized carbons (Fsp3) is 0.217. The Hall–Kier alpha value is -3.54. The van der Waals surface area contributed by atoms with Crippen LogP contribution in [-0.2, 0) is 9.53 Å². The molecule has 0 aliphatic carbocycles. The number of fused-ring (bicyclic) bond motifs is 1. The molecule has 0 heterocycles. The molecule has 3 aromatic carbocycles. The molecule has 0 saturated heterocycles. The molecule has 29 heavy (non-hydrogen) atoms. The van der Waals surface area contributed by atoms with Crippen LogP contribution in [0.2, 0.25) is 0 Å². The van der Waals surface area contributed by atoms with E-state index in [2.05, 4.69) is 5.32 Å². The Balaban J connectivity index is 1.70. The predicted molar refractivity (Wildman–Crippen MR) is 115 cm³/mol. The van der Waals surface area contributed by atoms with Gasteiger partial charge < -0.3 is 14.4 Å². The molecule has 0 saturated carbocycles. The van der Waals surface area contributed by atoms with Gasteiger partial charge >= 0.3 is 6.09 Å². The minimum Gasteiger partial charge on any atom is -0.484 e. The lowest BCUT2D eigenvalue weighted by Crippen LogP contribution is -2.34. The number of rotatable bonds is 7. The van der Waals surface area contributed by atoms with Crippen molar-refractivity contribution in [3.05, 3.63) is 66.7 Å². The number of amides is 2. The topological polar surface area (TPSA) is 67.9 Å². The highest BCUT2D eigenvalue weighted by molar-refractivity contribution is 6.04. The molecule has 0 aliphatic rings. The number of benzene rings is 3. The van der Waals surface area contributed by atoms with Gasteiger partial charge in [0, 0.05) is 23.7 Å². The number of carbonyl (C=O) groups excluding carboxylic acids is 2. The second kappa shape index (κ2) is 9.59. The van der Waals surface area contributed by atoms with Gasteiger partial charge in [0.1, 0.15) is 5.75 Å². The second-order valence-corrected chi connectivity index (χ2v) is 6.30. The average Bonchev–Trinajstić information content (AvgIpc) is 2.73. The molecule has 0 spiro atoms. The number of hydrogen-bond acceptors (Lipinski definition) is 4. The van der Waals surface area contributed by atoms with E-state index < -0.39 is 6.09 Å². The van der Waals surface area contributed by atoms with Gasteiger partial charge in [0.05, 0.1) is 12.3 Å². The van der Waals surface area contributed by atoms with E-state index in [4.69, 9.17) is 9.47 Å². The van der Waals surface area contributed by atoms with Crippen LogP contribution in [0.1, 0.15) is 13.8 Å². The van der Waals surface area contributed by atoms with Crippen molar-refractivity contribution in [1.82, 2.24) is 0 Å². The Morgan fingerprint density at radius 1 is 0.966 bits per heavy atom. The summed E-state index contributed by atoms with van der Waals surface area (Å²) < 4.78 is 10.5. The molecule has 2 amide bonds. The standard InChI is InChI=1S/C23H24N2O4/c1-3-25(21-14-7-10-17-9-5-6-13-20(17)21)22(26)16-29-19-12-8-11-18(15-19)24-23(27)28-4-2/h5-15H,3-4,16H2,1-2H3,(H,24,27). The first-order chi connectivity index (χ1) is 14.1. The van der Waals surface area contributed by atoms with Crippen molar-refractivity contribution in [2.75, 3.05) is 30.0 Å². The largest absolute Gasteiger partial charge is 0.484 e. The third kappa shape index (κ3) is 5.04. The fourth-order valence-corrected chi connectivity index (χ4v) is 3.10. The van der Waals surface area contributed by atoms with Gasteiger partial charge in [-0.25, -0.2) is 4.79 Å². The van der Waals surface area contributed by atoms with Crippen molar-refractivity contribution >= 4 is 34.1 Å². The van der Waals surface area contributed by atoms with Gasteiger partial charge in [-0.1, -0.05) is 42.5 Å². The van der Waals surface area contributed by atoms with Crippen molar-refractivity contribution < 1.29 is 19.1 Å². The van der Waals surface area contributed by atoms with E-state index >= 15 is 0 Å². The highest BCUT2D eigenvalue weighted by atomic mass is 16.5. The first-order valence-electron chi connectivity index (χ1n) is 9.57. The zero-order valence-corrected chi connectivity index (χ0v) is 16.6. The molecule has 0 aromatic heterocycles. The van der Waals surface area contributed by atoms with Gasteiger partial charge in [0.15, 0.2) is 6.61 Å². The first kappa shape index (κ1) is 20.2. The van der Waals surface area contributed by atoms with Crippen LogP contribution < -0.4 is 15.0 Å². The molecule has 0 aliphatic heterocycles. The monoisotopic (exact) mass is 392 g/mol. The molecule has 150 valence electrons. The molecule has 0 atom stereocenters. The van der Waals surface area contributed by atoms with E-state index in [-0.39, 0.29) is 19.1 Å². The van der Waals surface area contributed by atoms with E-state index in [1.54, 1.807) is 36.1 Å². The third-order valence-electron chi connectivity index (χ3n) is 4.39. The quantitative estimate of drug-likeness (QED) is 0.625. The lowest BCUT2D eigenvalue weighted by molar-refractivity contribution is -0.120. The SMILES string of the molecule is CCOC(=O)Nc1cccc(OCC(=O)N(CC)c2cccc3ccccc23)c1. The van der Waals surface area contributed by atoms with E-state index in [1.165, 1.54) is 0 Å². The van der Waals surface area contributed by atoms with Crippen molar-refractivity contribution in [2.24, 2.45) is 0 Å². The lowest BCUT2D eigenvalue weighted by Gasteiger charge is -2.23. The molecule has 6 nitrogen and oxygen atoms in total. The predicted octanol–water partition coefficient (Wildman–Crippen LogP) is 4.84. The van der Waals surface area contributed by atoms with Gasteiger partial charge in [-0.2, -0.15) is 0 Å². The molecule has 6 heteroatoms. The summed E-state index contributed by atoms with van der Waals surface area (Å²) in [7, 11) is 0. The summed E-state index contributed by atoms with van der Waals surface area (Å²) in [6.07, 6.45) is -0.533. The van der Waals surface area contributed by atoms with Crippen LogP contribution in [0.5, 0.6) is 5.75 Å². The number of nitrogens with one attached hydrogen (secondary N) is 1. The zero-order valence-electron chi connectivity index (χ0n) is 16.6. The Bertz CT molecular complexity index is 998. The molecule has 1 N–H and O–H groups in total. The maximum atomic E-state index is 12.9. The molecule has 0 unspecified atom stereocenters. The van der Waals surface area contributed by atoms with Crippen LogP contribution in [0.25, 0.3) is 10.8 Å². The highest BCUT2D eigenvalue weighted by Crippen LogP contribution is 2.27. The summed E-state index contributed by atoms with van der Waals surface area (Å²) in [4.78, 5) is 26.1.